The van der Waals surface area contributed by atoms with E-state index >= 15 is 0 Å². The van der Waals surface area contributed by atoms with Gasteiger partial charge in [0, 0.05) is 5.73 Å². The first-order valence-corrected chi connectivity index (χ1v) is 12.2. The van der Waals surface area contributed by atoms with Gasteiger partial charge in [0.25, 0.3) is 0 Å². The van der Waals surface area contributed by atoms with Crippen LogP contribution in [0.15, 0.2) is 18.2 Å². The fourth-order valence-corrected chi connectivity index (χ4v) is 2.49. The minimum absolute atomic E-state index is 0.0126. The maximum absolute atomic E-state index is 11.4. The SMILES string of the molecule is COc1cccc(OCOC(C)[Si](C)(C)C)c1OS(C)(=O)=O. The first kappa shape index (κ1) is 18.8. The molecule has 6 nitrogen and oxygen atoms in total. The molecule has 0 N–H and O–H groups in total. The molecule has 0 aliphatic carbocycles. The molecule has 0 aliphatic heterocycles. The minimum Gasteiger partial charge on any atom is -0.493 e. The Morgan fingerprint density at radius 2 is 1.77 bits per heavy atom. The van der Waals surface area contributed by atoms with Crippen molar-refractivity contribution in [3.63, 3.8) is 0 Å². The molecule has 1 aromatic rings. The van der Waals surface area contributed by atoms with Crippen LogP contribution in [-0.4, -0.2) is 42.4 Å². The highest BCUT2D eigenvalue weighted by Crippen LogP contribution is 2.37. The summed E-state index contributed by atoms with van der Waals surface area (Å²) in [5.74, 6) is 0.561. The lowest BCUT2D eigenvalue weighted by molar-refractivity contribution is -0.000607. The van der Waals surface area contributed by atoms with Crippen LogP contribution in [0.3, 0.4) is 0 Å². The first-order chi connectivity index (χ1) is 10.0. The molecule has 1 unspecified atom stereocenters. The summed E-state index contributed by atoms with van der Waals surface area (Å²) in [4.78, 5) is 0. The van der Waals surface area contributed by atoms with Gasteiger partial charge in [0.15, 0.2) is 18.3 Å². The van der Waals surface area contributed by atoms with E-state index in [0.717, 1.165) is 6.26 Å². The fraction of sp³-hybridized carbons (Fsp3) is 0.571. The van der Waals surface area contributed by atoms with Crippen LogP contribution in [0.4, 0.5) is 0 Å². The van der Waals surface area contributed by atoms with Crippen molar-refractivity contribution in [3.8, 4) is 17.2 Å². The molecule has 1 atom stereocenters. The average molecular weight is 348 g/mol. The Labute approximate surface area is 133 Å². The molecule has 0 bridgehead atoms. The highest BCUT2D eigenvalue weighted by atomic mass is 32.2. The van der Waals surface area contributed by atoms with Crippen LogP contribution in [0.1, 0.15) is 6.92 Å². The second-order valence-electron chi connectivity index (χ2n) is 6.01. The largest absolute Gasteiger partial charge is 0.493 e. The molecule has 0 radical (unpaired) electrons. The number of benzene rings is 1. The van der Waals surface area contributed by atoms with Crippen LogP contribution >= 0.6 is 0 Å². The molecule has 1 aromatic carbocycles. The smallest absolute Gasteiger partial charge is 0.306 e. The highest BCUT2D eigenvalue weighted by molar-refractivity contribution is 7.86. The maximum Gasteiger partial charge on any atom is 0.306 e. The van der Waals surface area contributed by atoms with Gasteiger partial charge in [-0.1, -0.05) is 25.7 Å². The molecule has 0 aromatic heterocycles. The normalized spacial score (nSPS) is 13.5. The Kier molecular flexibility index (Phi) is 6.27. The number of ether oxygens (including phenoxy) is 3. The van der Waals surface area contributed by atoms with Crippen LogP contribution in [0.5, 0.6) is 17.2 Å². The van der Waals surface area contributed by atoms with Gasteiger partial charge in [-0.25, -0.2) is 0 Å². The van der Waals surface area contributed by atoms with E-state index in [-0.39, 0.29) is 29.8 Å². The Hall–Kier alpha value is -1.25. The first-order valence-electron chi connectivity index (χ1n) is 6.85. The van der Waals surface area contributed by atoms with Crippen molar-refractivity contribution in [2.45, 2.75) is 32.3 Å². The molecule has 0 amide bonds. The van der Waals surface area contributed by atoms with Crippen molar-refractivity contribution in [2.24, 2.45) is 0 Å². The predicted molar refractivity (Wildman–Crippen MR) is 87.9 cm³/mol. The molecular formula is C14H24O6SSi. The van der Waals surface area contributed by atoms with E-state index < -0.39 is 18.2 Å². The summed E-state index contributed by atoms with van der Waals surface area (Å²) < 4.78 is 44.0. The Morgan fingerprint density at radius 1 is 1.18 bits per heavy atom. The molecule has 0 saturated carbocycles. The summed E-state index contributed by atoms with van der Waals surface area (Å²) in [6.07, 6.45) is 0.965. The minimum atomic E-state index is -3.69. The zero-order valence-corrected chi connectivity index (χ0v) is 15.7. The van der Waals surface area contributed by atoms with Crippen LogP contribution in [0.25, 0.3) is 0 Å². The lowest BCUT2D eigenvalue weighted by atomic mass is 10.3. The van der Waals surface area contributed by atoms with Gasteiger partial charge in [-0.15, -0.1) is 0 Å². The van der Waals surface area contributed by atoms with Crippen molar-refractivity contribution in [3.05, 3.63) is 18.2 Å². The van der Waals surface area contributed by atoms with Gasteiger partial charge >= 0.3 is 10.1 Å². The van der Waals surface area contributed by atoms with Gasteiger partial charge in [-0.05, 0) is 19.1 Å². The monoisotopic (exact) mass is 348 g/mol. The van der Waals surface area contributed by atoms with E-state index in [9.17, 15) is 8.42 Å². The molecule has 0 aliphatic rings. The zero-order valence-electron chi connectivity index (χ0n) is 13.9. The second-order valence-corrected chi connectivity index (χ2v) is 13.1. The van der Waals surface area contributed by atoms with Crippen LogP contribution < -0.4 is 13.7 Å². The number of hydrogen-bond acceptors (Lipinski definition) is 6. The molecule has 0 spiro atoms. The van der Waals surface area contributed by atoms with Gasteiger partial charge in [0.05, 0.1) is 21.4 Å². The topological polar surface area (TPSA) is 71.1 Å². The van der Waals surface area contributed by atoms with Crippen molar-refractivity contribution < 1.29 is 26.8 Å². The Bertz CT molecular complexity index is 594. The molecule has 0 heterocycles. The van der Waals surface area contributed by atoms with Crippen LogP contribution in [0, 0.1) is 0 Å². The van der Waals surface area contributed by atoms with E-state index in [4.69, 9.17) is 18.4 Å². The third-order valence-electron chi connectivity index (χ3n) is 3.15. The van der Waals surface area contributed by atoms with E-state index in [1.807, 2.05) is 6.92 Å². The quantitative estimate of drug-likeness (QED) is 0.409. The van der Waals surface area contributed by atoms with E-state index in [1.54, 1.807) is 18.2 Å². The number of para-hydroxylation sites is 1. The van der Waals surface area contributed by atoms with E-state index in [1.165, 1.54) is 7.11 Å². The Morgan fingerprint density at radius 3 is 2.27 bits per heavy atom. The molecule has 8 heteroatoms. The summed E-state index contributed by atoms with van der Waals surface area (Å²) >= 11 is 0. The molecule has 126 valence electrons. The van der Waals surface area contributed by atoms with Crippen molar-refractivity contribution in [1.29, 1.82) is 0 Å². The molecule has 0 fully saturated rings. The molecule has 22 heavy (non-hydrogen) atoms. The second kappa shape index (κ2) is 7.34. The van der Waals surface area contributed by atoms with Crippen molar-refractivity contribution in [1.82, 2.24) is 0 Å². The van der Waals surface area contributed by atoms with Crippen molar-refractivity contribution in [2.75, 3.05) is 20.2 Å². The summed E-state index contributed by atoms with van der Waals surface area (Å²) in [6.45, 7) is 8.61. The predicted octanol–water partition coefficient (Wildman–Crippen LogP) is 2.65. The summed E-state index contributed by atoms with van der Waals surface area (Å²) in [5, 5.41) is 0. The fourth-order valence-electron chi connectivity index (χ4n) is 1.45. The van der Waals surface area contributed by atoms with Crippen molar-refractivity contribution >= 4 is 18.2 Å². The molecular weight excluding hydrogens is 324 g/mol. The van der Waals surface area contributed by atoms with Crippen LogP contribution in [0.2, 0.25) is 19.6 Å². The van der Waals surface area contributed by atoms with Gasteiger partial charge in [-0.3, -0.25) is 0 Å². The maximum atomic E-state index is 11.4. The number of rotatable bonds is 8. The van der Waals surface area contributed by atoms with E-state index in [0.29, 0.717) is 0 Å². The number of methoxy groups -OCH3 is 1. The zero-order chi connectivity index (χ0) is 17.0. The lowest BCUT2D eigenvalue weighted by Crippen LogP contribution is -2.38. The Balaban J connectivity index is 2.86. The summed E-state index contributed by atoms with van der Waals surface area (Å²) in [6, 6.07) is 4.88. The van der Waals surface area contributed by atoms with Gasteiger partial charge in [0.1, 0.15) is 0 Å². The molecule has 1 rings (SSSR count). The average Bonchev–Trinajstić information content (AvgIpc) is 2.37. The highest BCUT2D eigenvalue weighted by Gasteiger charge is 2.23. The van der Waals surface area contributed by atoms with Gasteiger partial charge < -0.3 is 18.4 Å². The summed E-state index contributed by atoms with van der Waals surface area (Å²) in [7, 11) is -3.68. The summed E-state index contributed by atoms with van der Waals surface area (Å²) in [5.41, 5.74) is 0.109. The van der Waals surface area contributed by atoms with Gasteiger partial charge in [-0.2, -0.15) is 8.42 Å². The third-order valence-corrected chi connectivity index (χ3v) is 6.22. The van der Waals surface area contributed by atoms with Gasteiger partial charge in [0.2, 0.25) is 5.75 Å². The van der Waals surface area contributed by atoms with E-state index in [2.05, 4.69) is 19.6 Å². The molecule has 0 saturated heterocycles. The lowest BCUT2D eigenvalue weighted by Gasteiger charge is -2.25. The standard InChI is InChI=1S/C14H24O6SSi/c1-11(22(4,5)6)18-10-19-13-9-7-8-12(17-2)14(13)20-21(3,15)16/h7-9,11H,10H2,1-6H3. The third kappa shape index (κ3) is 5.86. The number of hydrogen-bond donors (Lipinski definition) is 0. The van der Waals surface area contributed by atoms with Crippen LogP contribution in [-0.2, 0) is 14.9 Å².